The van der Waals surface area contributed by atoms with Crippen LogP contribution in [0.25, 0.3) is 0 Å². The molecular weight excluding hydrogens is 313 g/mol. The number of alkyl halides is 3. The van der Waals surface area contributed by atoms with Crippen LogP contribution in [0.1, 0.15) is 0 Å². The van der Waals surface area contributed by atoms with Crippen LogP contribution >= 0.6 is 0 Å². The van der Waals surface area contributed by atoms with E-state index in [1.165, 1.54) is 29.0 Å². The summed E-state index contributed by atoms with van der Waals surface area (Å²) < 4.78 is 66.8. The van der Waals surface area contributed by atoms with Gasteiger partial charge in [-0.05, 0) is 24.3 Å². The summed E-state index contributed by atoms with van der Waals surface area (Å²) in [6.07, 6.45) is -4.64. The average molecular weight is 326 g/mol. The van der Waals surface area contributed by atoms with Gasteiger partial charge in [0.25, 0.3) is 10.2 Å². The van der Waals surface area contributed by atoms with E-state index in [9.17, 15) is 21.6 Å². The first kappa shape index (κ1) is 17.0. The molecule has 0 radical (unpaired) electrons. The van der Waals surface area contributed by atoms with Gasteiger partial charge in [-0.2, -0.15) is 26.3 Å². The Kier molecular flexibility index (Phi) is 5.38. The summed E-state index contributed by atoms with van der Waals surface area (Å²) in [4.78, 5) is 0. The van der Waals surface area contributed by atoms with Gasteiger partial charge in [0.05, 0.1) is 0 Å². The summed E-state index contributed by atoms with van der Waals surface area (Å²) >= 11 is 0. The van der Waals surface area contributed by atoms with Gasteiger partial charge in [0.15, 0.2) is 0 Å². The molecule has 1 aromatic rings. The number of halogens is 3. The second-order valence-electron chi connectivity index (χ2n) is 3.88. The maximum Gasteiger partial charge on any atom is 0.402 e. The monoisotopic (exact) mass is 326 g/mol. The Hall–Kier alpha value is -2.01. The fourth-order valence-electron chi connectivity index (χ4n) is 1.15. The van der Waals surface area contributed by atoms with Crippen molar-refractivity contribution in [2.75, 3.05) is 17.9 Å². The van der Waals surface area contributed by atoms with Crippen LogP contribution in [0.5, 0.6) is 5.75 Å². The van der Waals surface area contributed by atoms with Gasteiger partial charge < -0.3 is 10.5 Å². The molecule has 1 aromatic carbocycles. The van der Waals surface area contributed by atoms with Gasteiger partial charge in [-0.25, -0.2) is 0 Å². The molecule has 1 rings (SSSR count). The molecular formula is C10H13F3N4O3S. The number of nitrogens with one attached hydrogen (secondary N) is 3. The molecule has 0 aliphatic carbocycles. The van der Waals surface area contributed by atoms with E-state index in [0.29, 0.717) is 5.75 Å². The van der Waals surface area contributed by atoms with E-state index in [0.717, 1.165) is 0 Å². The molecule has 0 unspecified atom stereocenters. The van der Waals surface area contributed by atoms with Crippen LogP contribution in [0.2, 0.25) is 0 Å². The lowest BCUT2D eigenvalue weighted by molar-refractivity contribution is -0.121. The van der Waals surface area contributed by atoms with Gasteiger partial charge in [-0.15, -0.1) is 0 Å². The van der Waals surface area contributed by atoms with E-state index in [1.54, 1.807) is 0 Å². The van der Waals surface area contributed by atoms with Gasteiger partial charge in [0, 0.05) is 5.69 Å². The number of ether oxygens (including phenoxy) is 1. The summed E-state index contributed by atoms with van der Waals surface area (Å²) in [6.45, 7) is -1.79. The maximum atomic E-state index is 11.9. The summed E-state index contributed by atoms with van der Waals surface area (Å²) in [5.41, 5.74) is 5.14. The highest BCUT2D eigenvalue weighted by Gasteiger charge is 2.29. The van der Waals surface area contributed by atoms with Crippen molar-refractivity contribution in [1.29, 1.82) is 5.41 Å². The second kappa shape index (κ2) is 6.63. The van der Waals surface area contributed by atoms with Crippen molar-refractivity contribution in [3.8, 4) is 5.75 Å². The zero-order chi connectivity index (χ0) is 16.1. The zero-order valence-corrected chi connectivity index (χ0v) is 11.4. The molecule has 0 amide bonds. The quantitative estimate of drug-likeness (QED) is 0.438. The third kappa shape index (κ3) is 7.37. The number of nitrogens with two attached hydrogens (primary N) is 1. The molecule has 0 bridgehead atoms. The average Bonchev–Trinajstić information content (AvgIpc) is 2.35. The smallest absolute Gasteiger partial charge is 0.402 e. The van der Waals surface area contributed by atoms with Gasteiger partial charge in [-0.1, -0.05) is 0 Å². The largest absolute Gasteiger partial charge is 0.486 e. The van der Waals surface area contributed by atoms with Crippen molar-refractivity contribution in [2.24, 2.45) is 5.73 Å². The Bertz CT molecular complexity index is 587. The molecule has 7 nitrogen and oxygen atoms in total. The van der Waals surface area contributed by atoms with Crippen molar-refractivity contribution < 1.29 is 26.3 Å². The van der Waals surface area contributed by atoms with Crippen LogP contribution < -0.4 is 19.9 Å². The topological polar surface area (TPSA) is 117 Å². The molecule has 0 atom stereocenters. The summed E-state index contributed by atoms with van der Waals surface area (Å²) in [7, 11) is -4.32. The third-order valence-corrected chi connectivity index (χ3v) is 2.99. The maximum absolute atomic E-state index is 11.9. The molecule has 21 heavy (non-hydrogen) atoms. The lowest BCUT2D eigenvalue weighted by Gasteiger charge is -2.11. The van der Waals surface area contributed by atoms with E-state index in [1.807, 2.05) is 4.72 Å². The third-order valence-electron chi connectivity index (χ3n) is 1.96. The Morgan fingerprint density at radius 3 is 2.33 bits per heavy atom. The van der Waals surface area contributed by atoms with Crippen molar-refractivity contribution in [3.05, 3.63) is 24.3 Å². The standard InChI is InChI=1S/C10H13F3N4O3S/c11-10(12,13)6-16-21(18,19)17-7-1-3-8(4-2-7)20-5-9(14)15/h1-4,16-17H,5-6H2,(H3,14,15). The fourth-order valence-corrected chi connectivity index (χ4v) is 2.02. The first-order valence-electron chi connectivity index (χ1n) is 5.47. The van der Waals surface area contributed by atoms with Crippen molar-refractivity contribution in [3.63, 3.8) is 0 Å². The molecule has 0 aliphatic heterocycles. The van der Waals surface area contributed by atoms with Gasteiger partial charge in [0.1, 0.15) is 24.7 Å². The Morgan fingerprint density at radius 2 is 1.86 bits per heavy atom. The molecule has 0 spiro atoms. The number of anilines is 1. The van der Waals surface area contributed by atoms with Crippen molar-refractivity contribution in [2.45, 2.75) is 6.18 Å². The molecule has 0 fully saturated rings. The molecule has 0 saturated heterocycles. The van der Waals surface area contributed by atoms with Gasteiger partial charge >= 0.3 is 6.18 Å². The number of hydrogen-bond acceptors (Lipinski definition) is 4. The molecule has 5 N–H and O–H groups in total. The summed E-state index contributed by atoms with van der Waals surface area (Å²) in [5.74, 6) is 0.146. The highest BCUT2D eigenvalue weighted by molar-refractivity contribution is 7.90. The van der Waals surface area contributed by atoms with Crippen molar-refractivity contribution in [1.82, 2.24) is 4.72 Å². The highest BCUT2D eigenvalue weighted by Crippen LogP contribution is 2.17. The minimum absolute atomic E-state index is 0.0554. The van der Waals surface area contributed by atoms with E-state index >= 15 is 0 Å². The molecule has 0 aliphatic rings. The lowest BCUT2D eigenvalue weighted by atomic mass is 10.3. The first-order valence-corrected chi connectivity index (χ1v) is 6.96. The molecule has 0 aromatic heterocycles. The number of benzene rings is 1. The lowest BCUT2D eigenvalue weighted by Crippen LogP contribution is -2.37. The van der Waals surface area contributed by atoms with Crippen LogP contribution in [-0.2, 0) is 10.2 Å². The SMILES string of the molecule is N=C(N)COc1ccc(NS(=O)(=O)NCC(F)(F)F)cc1. The summed E-state index contributed by atoms with van der Waals surface area (Å²) in [5, 5.41) is 6.96. The van der Waals surface area contributed by atoms with Crippen LogP contribution in [0.4, 0.5) is 18.9 Å². The summed E-state index contributed by atoms with van der Waals surface area (Å²) in [6, 6.07) is 5.35. The Morgan fingerprint density at radius 1 is 1.29 bits per heavy atom. The van der Waals surface area contributed by atoms with Crippen LogP contribution in [0, 0.1) is 5.41 Å². The molecule has 118 valence electrons. The van der Waals surface area contributed by atoms with E-state index in [-0.39, 0.29) is 18.1 Å². The van der Waals surface area contributed by atoms with E-state index < -0.39 is 22.9 Å². The Labute approximate surface area is 119 Å². The Balaban J connectivity index is 2.60. The minimum Gasteiger partial charge on any atom is -0.486 e. The molecule has 0 saturated carbocycles. The first-order chi connectivity index (χ1) is 9.57. The molecule has 0 heterocycles. The van der Waals surface area contributed by atoms with Crippen LogP contribution in [0.3, 0.4) is 0 Å². The predicted molar refractivity (Wildman–Crippen MR) is 70.5 cm³/mol. The van der Waals surface area contributed by atoms with E-state index in [2.05, 4.69) is 0 Å². The van der Waals surface area contributed by atoms with Crippen LogP contribution in [0.15, 0.2) is 24.3 Å². The van der Waals surface area contributed by atoms with Gasteiger partial charge in [0.2, 0.25) is 0 Å². The number of rotatable bonds is 7. The van der Waals surface area contributed by atoms with Gasteiger partial charge in [-0.3, -0.25) is 10.1 Å². The second-order valence-corrected chi connectivity index (χ2v) is 5.38. The predicted octanol–water partition coefficient (Wildman–Crippen LogP) is 0.810. The highest BCUT2D eigenvalue weighted by atomic mass is 32.2. The van der Waals surface area contributed by atoms with E-state index in [4.69, 9.17) is 15.9 Å². The number of hydrogen-bond donors (Lipinski definition) is 4. The normalized spacial score (nSPS) is 12.0. The minimum atomic E-state index is -4.64. The van der Waals surface area contributed by atoms with Crippen LogP contribution in [-0.4, -0.2) is 33.6 Å². The number of amidine groups is 1. The zero-order valence-electron chi connectivity index (χ0n) is 10.6. The fraction of sp³-hybridized carbons (Fsp3) is 0.300. The molecule has 11 heteroatoms. The van der Waals surface area contributed by atoms with Crippen molar-refractivity contribution >= 4 is 21.7 Å².